The number of aromatic hydroxyl groups is 1. The standard InChI is InChI=1S/C21H20FN3O3/c22-16-7-5-14(6-8-16)11-17-12-24-20(28-17)15-3-2-10-25(13-15)21(27)19-18(26)4-1-9-23-19/h1,4-9,12,15,26H,2-3,10-11,13H2. The molecule has 0 radical (unpaired) electrons. The number of likely N-dealkylation sites (tertiary alicyclic amines) is 1. The fourth-order valence-electron chi connectivity index (χ4n) is 3.47. The van der Waals surface area contributed by atoms with Gasteiger partial charge in [0.2, 0.25) is 0 Å². The predicted molar refractivity (Wildman–Crippen MR) is 99.5 cm³/mol. The van der Waals surface area contributed by atoms with Crippen LogP contribution in [-0.2, 0) is 6.42 Å². The zero-order valence-electron chi connectivity index (χ0n) is 15.2. The maximum atomic E-state index is 13.0. The number of oxazole rings is 1. The summed E-state index contributed by atoms with van der Waals surface area (Å²) in [6, 6.07) is 9.32. The zero-order chi connectivity index (χ0) is 19.5. The summed E-state index contributed by atoms with van der Waals surface area (Å²) < 4.78 is 18.9. The van der Waals surface area contributed by atoms with E-state index in [4.69, 9.17) is 4.42 Å². The molecule has 1 N–H and O–H groups in total. The highest BCUT2D eigenvalue weighted by molar-refractivity contribution is 5.94. The molecule has 1 unspecified atom stereocenters. The van der Waals surface area contributed by atoms with Crippen LogP contribution in [0.4, 0.5) is 4.39 Å². The third-order valence-electron chi connectivity index (χ3n) is 4.91. The van der Waals surface area contributed by atoms with E-state index < -0.39 is 0 Å². The van der Waals surface area contributed by atoms with Crippen LogP contribution in [0, 0.1) is 5.82 Å². The first-order valence-corrected chi connectivity index (χ1v) is 9.22. The Labute approximate surface area is 161 Å². The molecule has 1 atom stereocenters. The van der Waals surface area contributed by atoms with Crippen molar-refractivity contribution in [3.05, 3.63) is 77.5 Å². The van der Waals surface area contributed by atoms with Crippen molar-refractivity contribution < 1.29 is 18.7 Å². The first kappa shape index (κ1) is 18.2. The second-order valence-electron chi connectivity index (χ2n) is 6.93. The summed E-state index contributed by atoms with van der Waals surface area (Å²) in [7, 11) is 0. The summed E-state index contributed by atoms with van der Waals surface area (Å²) in [5.74, 6) is 0.610. The Bertz CT molecular complexity index is 971. The Hall–Kier alpha value is -3.22. The molecule has 0 aliphatic carbocycles. The average molecular weight is 381 g/mol. The summed E-state index contributed by atoms with van der Waals surface area (Å²) in [6.07, 6.45) is 5.40. The van der Waals surface area contributed by atoms with Crippen LogP contribution in [0.15, 0.2) is 53.2 Å². The molecule has 3 aromatic rings. The molecular formula is C21H20FN3O3. The topological polar surface area (TPSA) is 79.5 Å². The quantitative estimate of drug-likeness (QED) is 0.748. The first-order valence-electron chi connectivity index (χ1n) is 9.22. The normalized spacial score (nSPS) is 16.9. The lowest BCUT2D eigenvalue weighted by atomic mass is 9.97. The molecule has 0 saturated carbocycles. The minimum atomic E-state index is -0.291. The van der Waals surface area contributed by atoms with Crippen molar-refractivity contribution in [2.24, 2.45) is 0 Å². The van der Waals surface area contributed by atoms with Crippen LogP contribution < -0.4 is 0 Å². The Morgan fingerprint density at radius 3 is 2.86 bits per heavy atom. The second kappa shape index (κ2) is 7.80. The molecule has 0 spiro atoms. The van der Waals surface area contributed by atoms with Crippen molar-refractivity contribution in [2.75, 3.05) is 13.1 Å². The summed E-state index contributed by atoms with van der Waals surface area (Å²) in [5, 5.41) is 9.89. The number of rotatable bonds is 4. The van der Waals surface area contributed by atoms with Crippen molar-refractivity contribution in [2.45, 2.75) is 25.2 Å². The highest BCUT2D eigenvalue weighted by atomic mass is 19.1. The van der Waals surface area contributed by atoms with Crippen LogP contribution in [0.2, 0.25) is 0 Å². The van der Waals surface area contributed by atoms with Crippen molar-refractivity contribution in [3.63, 3.8) is 0 Å². The second-order valence-corrected chi connectivity index (χ2v) is 6.93. The minimum absolute atomic E-state index is 0.00878. The van der Waals surface area contributed by atoms with E-state index in [1.165, 1.54) is 24.4 Å². The van der Waals surface area contributed by atoms with Gasteiger partial charge in [0.05, 0.1) is 12.1 Å². The lowest BCUT2D eigenvalue weighted by Crippen LogP contribution is -2.39. The molecule has 1 aromatic carbocycles. The first-order chi connectivity index (χ1) is 13.6. The summed E-state index contributed by atoms with van der Waals surface area (Å²) >= 11 is 0. The van der Waals surface area contributed by atoms with E-state index in [0.717, 1.165) is 18.4 Å². The Morgan fingerprint density at radius 1 is 1.25 bits per heavy atom. The molecule has 1 aliphatic rings. The molecular weight excluding hydrogens is 361 g/mol. The number of hydrogen-bond donors (Lipinski definition) is 1. The van der Waals surface area contributed by atoms with Crippen LogP contribution in [0.3, 0.4) is 0 Å². The number of amides is 1. The maximum absolute atomic E-state index is 13.0. The molecule has 1 amide bonds. The van der Waals surface area contributed by atoms with E-state index in [0.29, 0.717) is 31.2 Å². The van der Waals surface area contributed by atoms with Gasteiger partial charge in [-0.2, -0.15) is 0 Å². The molecule has 1 fully saturated rings. The van der Waals surface area contributed by atoms with Crippen LogP contribution in [0.1, 0.15) is 46.5 Å². The van der Waals surface area contributed by atoms with Crippen LogP contribution in [0.25, 0.3) is 0 Å². The van der Waals surface area contributed by atoms with Gasteiger partial charge in [0.15, 0.2) is 11.6 Å². The molecule has 7 heteroatoms. The van der Waals surface area contributed by atoms with E-state index >= 15 is 0 Å². The lowest BCUT2D eigenvalue weighted by Gasteiger charge is -2.31. The molecule has 6 nitrogen and oxygen atoms in total. The highest BCUT2D eigenvalue weighted by Gasteiger charge is 2.30. The molecule has 144 valence electrons. The van der Waals surface area contributed by atoms with E-state index in [9.17, 15) is 14.3 Å². The highest BCUT2D eigenvalue weighted by Crippen LogP contribution is 2.28. The van der Waals surface area contributed by atoms with E-state index in [-0.39, 0.29) is 29.1 Å². The number of aromatic nitrogens is 2. The molecule has 3 heterocycles. The maximum Gasteiger partial charge on any atom is 0.276 e. The van der Waals surface area contributed by atoms with Gasteiger partial charge >= 0.3 is 0 Å². The summed E-state index contributed by atoms with van der Waals surface area (Å²) in [6.45, 7) is 1.07. The van der Waals surface area contributed by atoms with Crippen molar-refractivity contribution in [1.29, 1.82) is 0 Å². The average Bonchev–Trinajstić information content (AvgIpc) is 3.18. The van der Waals surface area contributed by atoms with Gasteiger partial charge in [0.1, 0.15) is 17.3 Å². The number of nitrogens with zero attached hydrogens (tertiary/aromatic N) is 3. The summed E-state index contributed by atoms with van der Waals surface area (Å²) in [5.41, 5.74) is 1.00. The fourth-order valence-corrected chi connectivity index (χ4v) is 3.47. The van der Waals surface area contributed by atoms with Crippen LogP contribution >= 0.6 is 0 Å². The molecule has 4 rings (SSSR count). The number of carbonyl (C=O) groups excluding carboxylic acids is 1. The van der Waals surface area contributed by atoms with E-state index in [1.54, 1.807) is 29.3 Å². The molecule has 2 aromatic heterocycles. The predicted octanol–water partition coefficient (Wildman–Crippen LogP) is 3.52. The fraction of sp³-hybridized carbons (Fsp3) is 0.286. The SMILES string of the molecule is O=C(c1ncccc1O)N1CCCC(c2ncc(Cc3ccc(F)cc3)o2)C1. The van der Waals surface area contributed by atoms with Gasteiger partial charge in [-0.15, -0.1) is 0 Å². The van der Waals surface area contributed by atoms with Crippen molar-refractivity contribution in [1.82, 2.24) is 14.9 Å². The monoisotopic (exact) mass is 381 g/mol. The number of halogens is 1. The van der Waals surface area contributed by atoms with E-state index in [2.05, 4.69) is 9.97 Å². The Balaban J connectivity index is 1.45. The Kier molecular flexibility index (Phi) is 5.06. The Morgan fingerprint density at radius 2 is 2.07 bits per heavy atom. The van der Waals surface area contributed by atoms with Gasteiger partial charge in [0, 0.05) is 25.7 Å². The molecule has 1 saturated heterocycles. The number of pyridine rings is 1. The minimum Gasteiger partial charge on any atom is -0.505 e. The van der Waals surface area contributed by atoms with Crippen LogP contribution in [-0.4, -0.2) is 39.0 Å². The third-order valence-corrected chi connectivity index (χ3v) is 4.91. The molecule has 1 aliphatic heterocycles. The molecule has 28 heavy (non-hydrogen) atoms. The lowest BCUT2D eigenvalue weighted by molar-refractivity contribution is 0.0688. The number of hydrogen-bond acceptors (Lipinski definition) is 5. The number of piperidine rings is 1. The largest absolute Gasteiger partial charge is 0.505 e. The van der Waals surface area contributed by atoms with Crippen molar-refractivity contribution in [3.8, 4) is 5.75 Å². The third kappa shape index (κ3) is 3.88. The zero-order valence-corrected chi connectivity index (χ0v) is 15.2. The van der Waals surface area contributed by atoms with Gasteiger partial charge in [-0.3, -0.25) is 4.79 Å². The van der Waals surface area contributed by atoms with Gasteiger partial charge in [-0.25, -0.2) is 14.4 Å². The van der Waals surface area contributed by atoms with Gasteiger partial charge in [-0.05, 0) is 42.7 Å². The summed E-state index contributed by atoms with van der Waals surface area (Å²) in [4.78, 5) is 22.8. The smallest absolute Gasteiger partial charge is 0.276 e. The molecule has 0 bridgehead atoms. The van der Waals surface area contributed by atoms with Gasteiger partial charge < -0.3 is 14.4 Å². The van der Waals surface area contributed by atoms with Gasteiger partial charge in [-0.1, -0.05) is 12.1 Å². The number of benzene rings is 1. The number of carbonyl (C=O) groups is 1. The van der Waals surface area contributed by atoms with Crippen molar-refractivity contribution >= 4 is 5.91 Å². The van der Waals surface area contributed by atoms with E-state index in [1.807, 2.05) is 0 Å². The van der Waals surface area contributed by atoms with Crippen LogP contribution in [0.5, 0.6) is 5.75 Å². The van der Waals surface area contributed by atoms with Gasteiger partial charge in [0.25, 0.3) is 5.91 Å².